The number of benzene rings is 1. The van der Waals surface area contributed by atoms with Gasteiger partial charge in [0.15, 0.2) is 0 Å². The van der Waals surface area contributed by atoms with Crippen molar-refractivity contribution in [2.75, 3.05) is 6.54 Å². The fourth-order valence-corrected chi connectivity index (χ4v) is 3.25. The van der Waals surface area contributed by atoms with E-state index >= 15 is 0 Å². The van der Waals surface area contributed by atoms with Crippen molar-refractivity contribution in [3.63, 3.8) is 0 Å². The van der Waals surface area contributed by atoms with Gasteiger partial charge < -0.3 is 5.11 Å². The number of halogens is 3. The molecule has 0 aliphatic rings. The fourth-order valence-electron chi connectivity index (χ4n) is 1.81. The first-order chi connectivity index (χ1) is 9.69. The quantitative estimate of drug-likeness (QED) is 0.756. The zero-order chi connectivity index (χ0) is 16.1. The monoisotopic (exact) mass is 325 g/mol. The van der Waals surface area contributed by atoms with Gasteiger partial charge in [-0.15, -0.1) is 0 Å². The number of hydrogen-bond acceptors (Lipinski definition) is 3. The van der Waals surface area contributed by atoms with Crippen molar-refractivity contribution >= 4 is 10.0 Å². The molecule has 1 aromatic rings. The van der Waals surface area contributed by atoms with Crippen molar-refractivity contribution in [2.45, 2.75) is 43.9 Å². The molecule has 4 nitrogen and oxygen atoms in total. The summed E-state index contributed by atoms with van der Waals surface area (Å²) in [6.45, 7) is 1.19. The molecule has 2 N–H and O–H groups in total. The van der Waals surface area contributed by atoms with Crippen LogP contribution in [0, 0.1) is 0 Å². The number of alkyl halides is 3. The largest absolute Gasteiger partial charge is 0.392 e. The third-order valence-electron chi connectivity index (χ3n) is 2.91. The van der Waals surface area contributed by atoms with Crippen LogP contribution in [-0.2, 0) is 23.1 Å². The predicted molar refractivity (Wildman–Crippen MR) is 72.2 cm³/mol. The minimum absolute atomic E-state index is 0.00330. The summed E-state index contributed by atoms with van der Waals surface area (Å²) >= 11 is 0. The molecule has 0 unspecified atom stereocenters. The Hall–Kier alpha value is -1.12. The van der Waals surface area contributed by atoms with Gasteiger partial charge in [0.1, 0.15) is 0 Å². The molecule has 0 spiro atoms. The summed E-state index contributed by atoms with van der Waals surface area (Å²) in [5.74, 6) is 0. The molecule has 0 radical (unpaired) electrons. The highest BCUT2D eigenvalue weighted by Crippen LogP contribution is 2.22. The number of aliphatic hydroxyl groups excluding tert-OH is 1. The van der Waals surface area contributed by atoms with E-state index < -0.39 is 22.6 Å². The minimum Gasteiger partial charge on any atom is -0.392 e. The van der Waals surface area contributed by atoms with Gasteiger partial charge in [-0.3, -0.25) is 0 Å². The van der Waals surface area contributed by atoms with Crippen molar-refractivity contribution in [3.05, 3.63) is 29.3 Å². The Morgan fingerprint density at radius 1 is 1.29 bits per heavy atom. The molecule has 0 heterocycles. The molecule has 0 bridgehead atoms. The first-order valence-electron chi connectivity index (χ1n) is 6.48. The smallest absolute Gasteiger partial charge is 0.389 e. The third-order valence-corrected chi connectivity index (χ3v) is 4.46. The molecule has 0 atom stereocenters. The van der Waals surface area contributed by atoms with E-state index in [1.165, 1.54) is 6.07 Å². The number of aryl methyl sites for hydroxylation is 1. The standard InChI is InChI=1S/C13H18F3NO3S/c1-2-11-5-4-10(9-18)8-12(11)21(19,20)17-7-3-6-13(14,15)16/h4-5,8,17-18H,2-3,6-7,9H2,1H3. The van der Waals surface area contributed by atoms with E-state index in [1.807, 2.05) is 0 Å². The Morgan fingerprint density at radius 2 is 1.95 bits per heavy atom. The lowest BCUT2D eigenvalue weighted by Crippen LogP contribution is -2.27. The molecule has 0 amide bonds. The minimum atomic E-state index is -4.29. The Morgan fingerprint density at radius 3 is 2.48 bits per heavy atom. The van der Waals surface area contributed by atoms with E-state index in [1.54, 1.807) is 19.1 Å². The number of nitrogens with one attached hydrogen (secondary N) is 1. The Bertz CT molecular complexity index is 571. The summed E-state index contributed by atoms with van der Waals surface area (Å²) in [6, 6.07) is 4.54. The maximum Gasteiger partial charge on any atom is 0.389 e. The highest BCUT2D eigenvalue weighted by Gasteiger charge is 2.26. The highest BCUT2D eigenvalue weighted by atomic mass is 32.2. The van der Waals surface area contributed by atoms with Gasteiger partial charge in [-0.05, 0) is 30.0 Å². The van der Waals surface area contributed by atoms with Crippen molar-refractivity contribution < 1.29 is 26.7 Å². The first kappa shape index (κ1) is 17.9. The van der Waals surface area contributed by atoms with E-state index in [2.05, 4.69) is 4.72 Å². The Labute approximate surface area is 122 Å². The molecular formula is C13H18F3NO3S. The number of aliphatic hydroxyl groups is 1. The van der Waals surface area contributed by atoms with Gasteiger partial charge >= 0.3 is 6.18 Å². The molecule has 1 aromatic carbocycles. The van der Waals surface area contributed by atoms with E-state index in [0.29, 0.717) is 17.5 Å². The molecule has 0 aromatic heterocycles. The second kappa shape index (κ2) is 7.24. The summed E-state index contributed by atoms with van der Waals surface area (Å²) < 4.78 is 62.5. The predicted octanol–water partition coefficient (Wildman–Crippen LogP) is 2.36. The zero-order valence-electron chi connectivity index (χ0n) is 11.6. The van der Waals surface area contributed by atoms with Crippen molar-refractivity contribution in [2.24, 2.45) is 0 Å². The second-order valence-electron chi connectivity index (χ2n) is 4.57. The van der Waals surface area contributed by atoms with Gasteiger partial charge in [-0.2, -0.15) is 13.2 Å². The molecule has 1 rings (SSSR count). The van der Waals surface area contributed by atoms with Crippen LogP contribution in [-0.4, -0.2) is 26.2 Å². The average molecular weight is 325 g/mol. The molecule has 0 saturated carbocycles. The Kier molecular flexibility index (Phi) is 6.18. The molecule has 21 heavy (non-hydrogen) atoms. The topological polar surface area (TPSA) is 66.4 Å². The summed E-state index contributed by atoms with van der Waals surface area (Å²) in [4.78, 5) is 0.00330. The van der Waals surface area contributed by atoms with Crippen LogP contribution in [0.4, 0.5) is 13.2 Å². The van der Waals surface area contributed by atoms with Gasteiger partial charge in [-0.25, -0.2) is 13.1 Å². The number of hydrogen-bond donors (Lipinski definition) is 2. The highest BCUT2D eigenvalue weighted by molar-refractivity contribution is 7.89. The van der Waals surface area contributed by atoms with E-state index in [0.717, 1.165) is 0 Å². The van der Waals surface area contributed by atoms with Crippen molar-refractivity contribution in [3.8, 4) is 0 Å². The fraction of sp³-hybridized carbons (Fsp3) is 0.538. The van der Waals surface area contributed by atoms with Crippen LogP contribution in [0.5, 0.6) is 0 Å². The zero-order valence-corrected chi connectivity index (χ0v) is 12.4. The average Bonchev–Trinajstić information content (AvgIpc) is 2.42. The van der Waals surface area contributed by atoms with Crippen molar-refractivity contribution in [1.29, 1.82) is 0 Å². The molecule has 0 aliphatic heterocycles. The van der Waals surface area contributed by atoms with Gasteiger partial charge in [0, 0.05) is 13.0 Å². The summed E-state index contributed by atoms with van der Waals surface area (Å²) in [5, 5.41) is 9.05. The lowest BCUT2D eigenvalue weighted by Gasteiger charge is -2.12. The third kappa shape index (κ3) is 5.64. The van der Waals surface area contributed by atoms with Crippen LogP contribution in [0.3, 0.4) is 0 Å². The van der Waals surface area contributed by atoms with Crippen LogP contribution in [0.2, 0.25) is 0 Å². The lowest BCUT2D eigenvalue weighted by atomic mass is 10.1. The summed E-state index contributed by atoms with van der Waals surface area (Å²) in [5.41, 5.74) is 0.985. The lowest BCUT2D eigenvalue weighted by molar-refractivity contribution is -0.135. The van der Waals surface area contributed by atoms with Gasteiger partial charge in [0.05, 0.1) is 11.5 Å². The first-order valence-corrected chi connectivity index (χ1v) is 7.97. The second-order valence-corrected chi connectivity index (χ2v) is 6.31. The SMILES string of the molecule is CCc1ccc(CO)cc1S(=O)(=O)NCCCC(F)(F)F. The van der Waals surface area contributed by atoms with Gasteiger partial charge in [0.25, 0.3) is 0 Å². The van der Waals surface area contributed by atoms with Crippen LogP contribution < -0.4 is 4.72 Å². The van der Waals surface area contributed by atoms with Crippen LogP contribution in [0.1, 0.15) is 30.9 Å². The van der Waals surface area contributed by atoms with Crippen LogP contribution in [0.25, 0.3) is 0 Å². The summed E-state index contributed by atoms with van der Waals surface area (Å²) in [6.07, 6.45) is -5.18. The van der Waals surface area contributed by atoms with Crippen LogP contribution in [0.15, 0.2) is 23.1 Å². The molecular weight excluding hydrogens is 307 g/mol. The summed E-state index contributed by atoms with van der Waals surface area (Å²) in [7, 11) is -3.88. The van der Waals surface area contributed by atoms with E-state index in [4.69, 9.17) is 5.11 Å². The van der Waals surface area contributed by atoms with Crippen LogP contribution >= 0.6 is 0 Å². The van der Waals surface area contributed by atoms with E-state index in [-0.39, 0.29) is 24.5 Å². The molecule has 0 fully saturated rings. The Balaban J connectivity index is 2.82. The van der Waals surface area contributed by atoms with Gasteiger partial charge in [0.2, 0.25) is 10.0 Å². The molecule has 0 aliphatic carbocycles. The van der Waals surface area contributed by atoms with E-state index in [9.17, 15) is 21.6 Å². The maximum atomic E-state index is 12.1. The molecule has 120 valence electrons. The normalized spacial score (nSPS) is 12.6. The van der Waals surface area contributed by atoms with Gasteiger partial charge in [-0.1, -0.05) is 19.1 Å². The maximum absolute atomic E-state index is 12.1. The van der Waals surface area contributed by atoms with Crippen molar-refractivity contribution in [1.82, 2.24) is 4.72 Å². The number of rotatable bonds is 7. The number of sulfonamides is 1. The molecule has 0 saturated heterocycles. The molecule has 8 heteroatoms.